The van der Waals surface area contributed by atoms with Crippen molar-refractivity contribution in [3.05, 3.63) is 36.8 Å². The fraction of sp³-hybridized carbons (Fsp3) is 0.476. The third kappa shape index (κ3) is 3.15. The number of amides is 3. The van der Waals surface area contributed by atoms with Crippen molar-refractivity contribution in [2.45, 2.75) is 31.7 Å². The number of hydrogen-bond donors (Lipinski definition) is 2. The Morgan fingerprint density at radius 3 is 3.04 bits per heavy atom. The van der Waals surface area contributed by atoms with E-state index in [1.54, 1.807) is 12.5 Å². The van der Waals surface area contributed by atoms with Crippen molar-refractivity contribution < 1.29 is 9.59 Å². The lowest BCUT2D eigenvalue weighted by Crippen LogP contribution is -2.61. The van der Waals surface area contributed by atoms with Crippen LogP contribution in [-0.2, 0) is 4.79 Å². The zero-order valence-corrected chi connectivity index (χ0v) is 15.8. The summed E-state index contributed by atoms with van der Waals surface area (Å²) in [4.78, 5) is 36.4. The molecule has 1 aromatic carbocycles. The largest absolute Gasteiger partial charge is 0.345 e. The second-order valence-electron chi connectivity index (χ2n) is 8.25. The van der Waals surface area contributed by atoms with Crippen LogP contribution < -0.4 is 5.32 Å². The topological polar surface area (TPSA) is 81.3 Å². The number of likely N-dealkylation sites (tertiary alicyclic amines) is 1. The number of rotatable bonds is 2. The molecule has 7 nitrogen and oxygen atoms in total. The average molecular weight is 379 g/mol. The van der Waals surface area contributed by atoms with Gasteiger partial charge < -0.3 is 20.1 Å². The molecular weight excluding hydrogens is 354 g/mol. The van der Waals surface area contributed by atoms with Crippen molar-refractivity contribution in [1.29, 1.82) is 0 Å². The highest BCUT2D eigenvalue weighted by atomic mass is 16.2. The summed E-state index contributed by atoms with van der Waals surface area (Å²) in [5, 5.41) is 3.06. The quantitative estimate of drug-likeness (QED) is 0.842. The molecule has 4 heterocycles. The van der Waals surface area contributed by atoms with E-state index in [9.17, 15) is 9.59 Å². The van der Waals surface area contributed by atoms with Gasteiger partial charge in [0, 0.05) is 43.3 Å². The molecule has 3 aliphatic rings. The van der Waals surface area contributed by atoms with Crippen LogP contribution in [0.1, 0.15) is 25.7 Å². The molecule has 0 radical (unpaired) electrons. The Morgan fingerprint density at radius 1 is 1.25 bits per heavy atom. The van der Waals surface area contributed by atoms with E-state index in [0.29, 0.717) is 30.2 Å². The van der Waals surface area contributed by atoms with Gasteiger partial charge >= 0.3 is 6.03 Å². The van der Waals surface area contributed by atoms with E-state index < -0.39 is 0 Å². The zero-order valence-electron chi connectivity index (χ0n) is 15.8. The van der Waals surface area contributed by atoms with Gasteiger partial charge in [0.1, 0.15) is 0 Å². The van der Waals surface area contributed by atoms with Gasteiger partial charge in [0.15, 0.2) is 0 Å². The number of anilines is 1. The van der Waals surface area contributed by atoms with Gasteiger partial charge in [-0.15, -0.1) is 0 Å². The molecule has 5 rings (SSSR count). The SMILES string of the molecule is O=C(Nc1cccc(-c2cnc[nH]2)c1)N1C[C@H]2C[C@@H](C1)[C@@H]1CCCC(=O)N1C2. The first-order chi connectivity index (χ1) is 13.7. The Hall–Kier alpha value is -2.83. The number of nitrogens with one attached hydrogen (secondary N) is 2. The second-order valence-corrected chi connectivity index (χ2v) is 8.25. The number of aromatic amines is 1. The molecule has 1 aromatic heterocycles. The van der Waals surface area contributed by atoms with Gasteiger partial charge in [-0.25, -0.2) is 9.78 Å². The first-order valence-corrected chi connectivity index (χ1v) is 10.1. The number of nitrogens with zero attached hydrogens (tertiary/aromatic N) is 3. The minimum Gasteiger partial charge on any atom is -0.345 e. The Balaban J connectivity index is 1.28. The highest BCUT2D eigenvalue weighted by Gasteiger charge is 2.44. The van der Waals surface area contributed by atoms with Gasteiger partial charge in [-0.3, -0.25) is 4.79 Å². The molecule has 0 saturated carbocycles. The van der Waals surface area contributed by atoms with Crippen LogP contribution >= 0.6 is 0 Å². The summed E-state index contributed by atoms with van der Waals surface area (Å²) in [5.74, 6) is 1.09. The molecule has 3 saturated heterocycles. The molecular formula is C21H25N5O2. The van der Waals surface area contributed by atoms with Crippen LogP contribution in [0.5, 0.6) is 0 Å². The number of fused-ring (bicyclic) bond motifs is 4. The predicted octanol–water partition coefficient (Wildman–Crippen LogP) is 2.94. The van der Waals surface area contributed by atoms with Gasteiger partial charge in [0.05, 0.1) is 18.2 Å². The van der Waals surface area contributed by atoms with Crippen LogP contribution in [0.25, 0.3) is 11.3 Å². The number of benzene rings is 1. The van der Waals surface area contributed by atoms with Crippen LogP contribution in [0.15, 0.2) is 36.8 Å². The van der Waals surface area contributed by atoms with Crippen LogP contribution in [0.3, 0.4) is 0 Å². The highest BCUT2D eigenvalue weighted by molar-refractivity contribution is 5.90. The Morgan fingerprint density at radius 2 is 2.18 bits per heavy atom. The molecule has 2 aromatic rings. The number of H-pyrrole nitrogens is 1. The molecule has 2 bridgehead atoms. The number of imidazole rings is 1. The first kappa shape index (κ1) is 17.3. The van der Waals surface area contributed by atoms with Gasteiger partial charge in [-0.1, -0.05) is 12.1 Å². The molecule has 0 unspecified atom stereocenters. The summed E-state index contributed by atoms with van der Waals surface area (Å²) in [6, 6.07) is 8.05. The number of carbonyl (C=O) groups excluding carboxylic acids is 2. The summed E-state index contributed by atoms with van der Waals surface area (Å²) in [5.41, 5.74) is 2.69. The standard InChI is InChI=1S/C21H25N5O2/c27-20-6-2-5-19-16-7-14(11-26(19)20)10-25(12-16)21(28)24-17-4-1-3-15(8-17)18-9-22-13-23-18/h1,3-4,8-9,13-14,16,19H,2,5-7,10-12H2,(H,22,23)(H,24,28)/t14-,16+,19+/m1/s1. The lowest BCUT2D eigenvalue weighted by Gasteiger charge is -2.52. The molecule has 3 amide bonds. The predicted molar refractivity (Wildman–Crippen MR) is 106 cm³/mol. The van der Waals surface area contributed by atoms with Crippen molar-refractivity contribution in [3.63, 3.8) is 0 Å². The summed E-state index contributed by atoms with van der Waals surface area (Å²) in [7, 11) is 0. The molecule has 2 N–H and O–H groups in total. The Labute approximate surface area is 164 Å². The molecule has 7 heteroatoms. The molecule has 3 aliphatic heterocycles. The van der Waals surface area contributed by atoms with Crippen LogP contribution in [0, 0.1) is 11.8 Å². The van der Waals surface area contributed by atoms with E-state index in [0.717, 1.165) is 55.8 Å². The summed E-state index contributed by atoms with van der Waals surface area (Å²) < 4.78 is 0. The maximum absolute atomic E-state index is 12.9. The van der Waals surface area contributed by atoms with Gasteiger partial charge in [0.25, 0.3) is 0 Å². The molecule has 3 fully saturated rings. The Bertz CT molecular complexity index is 881. The minimum atomic E-state index is -0.0490. The molecule has 0 aliphatic carbocycles. The average Bonchev–Trinajstić information content (AvgIpc) is 3.24. The molecule has 3 atom stereocenters. The van der Waals surface area contributed by atoms with E-state index in [1.165, 1.54) is 0 Å². The van der Waals surface area contributed by atoms with Crippen molar-refractivity contribution >= 4 is 17.6 Å². The lowest BCUT2D eigenvalue weighted by molar-refractivity contribution is -0.144. The van der Waals surface area contributed by atoms with Gasteiger partial charge in [-0.05, 0) is 43.2 Å². The highest BCUT2D eigenvalue weighted by Crippen LogP contribution is 2.38. The van der Waals surface area contributed by atoms with Gasteiger partial charge in [-0.2, -0.15) is 0 Å². The minimum absolute atomic E-state index is 0.0490. The van der Waals surface area contributed by atoms with Crippen molar-refractivity contribution in [1.82, 2.24) is 19.8 Å². The summed E-state index contributed by atoms with van der Waals surface area (Å²) >= 11 is 0. The smallest absolute Gasteiger partial charge is 0.321 e. The maximum atomic E-state index is 12.9. The van der Waals surface area contributed by atoms with Crippen molar-refractivity contribution in [2.75, 3.05) is 25.0 Å². The number of aromatic nitrogens is 2. The third-order valence-corrected chi connectivity index (χ3v) is 6.39. The first-order valence-electron chi connectivity index (χ1n) is 10.1. The van der Waals surface area contributed by atoms with E-state index >= 15 is 0 Å². The Kier molecular flexibility index (Phi) is 4.30. The number of piperidine rings is 3. The number of hydrogen-bond acceptors (Lipinski definition) is 3. The monoisotopic (exact) mass is 379 g/mol. The normalized spacial score (nSPS) is 26.7. The zero-order chi connectivity index (χ0) is 19.1. The van der Waals surface area contributed by atoms with Crippen molar-refractivity contribution in [2.24, 2.45) is 11.8 Å². The molecule has 146 valence electrons. The second kappa shape index (κ2) is 6.96. The number of urea groups is 1. The van der Waals surface area contributed by atoms with Crippen LogP contribution in [-0.4, -0.2) is 57.4 Å². The lowest BCUT2D eigenvalue weighted by atomic mass is 9.76. The van der Waals surface area contributed by atoms with Crippen molar-refractivity contribution in [3.8, 4) is 11.3 Å². The van der Waals surface area contributed by atoms with E-state index in [1.807, 2.05) is 29.2 Å². The van der Waals surface area contributed by atoms with Gasteiger partial charge in [0.2, 0.25) is 5.91 Å². The van der Waals surface area contributed by atoms with Crippen LogP contribution in [0.2, 0.25) is 0 Å². The van der Waals surface area contributed by atoms with Crippen LogP contribution in [0.4, 0.5) is 10.5 Å². The molecule has 28 heavy (non-hydrogen) atoms. The van der Waals surface area contributed by atoms with E-state index in [-0.39, 0.29) is 6.03 Å². The summed E-state index contributed by atoms with van der Waals surface area (Å²) in [6.07, 6.45) is 7.29. The third-order valence-electron chi connectivity index (χ3n) is 6.39. The number of carbonyl (C=O) groups is 2. The van der Waals surface area contributed by atoms with E-state index in [2.05, 4.69) is 20.2 Å². The van der Waals surface area contributed by atoms with E-state index in [4.69, 9.17) is 0 Å². The summed E-state index contributed by atoms with van der Waals surface area (Å²) in [6.45, 7) is 2.26. The fourth-order valence-corrected chi connectivity index (χ4v) is 5.16. The fourth-order valence-electron chi connectivity index (χ4n) is 5.16. The maximum Gasteiger partial charge on any atom is 0.321 e. The molecule has 0 spiro atoms.